The molecule has 3 rings (SSSR count). The van der Waals surface area contributed by atoms with Crippen LogP contribution in [-0.2, 0) is 25.6 Å². The van der Waals surface area contributed by atoms with Crippen LogP contribution in [0.2, 0.25) is 0 Å². The molecule has 2 fully saturated rings. The number of carbonyl (C=O) groups excluding carboxylic acids is 3. The molecule has 0 radical (unpaired) electrons. The van der Waals surface area contributed by atoms with E-state index in [0.717, 1.165) is 40.2 Å². The molecular weight excluding hydrogens is 382 g/mol. The summed E-state index contributed by atoms with van der Waals surface area (Å²) in [5.41, 5.74) is 2.95. The van der Waals surface area contributed by atoms with Gasteiger partial charge >= 0.3 is 0 Å². The van der Waals surface area contributed by atoms with Crippen molar-refractivity contribution in [3.63, 3.8) is 0 Å². The zero-order chi connectivity index (χ0) is 20.3. The number of imide groups is 1. The predicted molar refractivity (Wildman–Crippen MR) is 106 cm³/mol. The molecule has 3 amide bonds. The molecule has 0 spiro atoms. The summed E-state index contributed by atoms with van der Waals surface area (Å²) in [6.45, 7) is 6.98. The number of thioether (sulfide) groups is 1. The minimum absolute atomic E-state index is 0.227. The number of rotatable bonds is 6. The second kappa shape index (κ2) is 8.93. The molecule has 28 heavy (non-hydrogen) atoms. The molecule has 0 unspecified atom stereocenters. The summed E-state index contributed by atoms with van der Waals surface area (Å²) in [4.78, 5) is 40.4. The lowest BCUT2D eigenvalue weighted by Gasteiger charge is -2.28. The van der Waals surface area contributed by atoms with Gasteiger partial charge in [0.15, 0.2) is 0 Å². The van der Waals surface area contributed by atoms with Gasteiger partial charge in [-0.3, -0.25) is 19.3 Å². The number of hydrogen-bond acceptors (Lipinski definition) is 6. The molecule has 9 heteroatoms. The van der Waals surface area contributed by atoms with Gasteiger partial charge in [-0.05, 0) is 43.3 Å². The third-order valence-corrected chi connectivity index (χ3v) is 5.86. The molecule has 3 heterocycles. The van der Waals surface area contributed by atoms with Crippen LogP contribution in [0.1, 0.15) is 17.0 Å². The Kier molecular flexibility index (Phi) is 6.58. The number of amides is 3. The van der Waals surface area contributed by atoms with Crippen LogP contribution >= 0.6 is 11.8 Å². The number of nitrogens with zero attached hydrogens (tertiary/aromatic N) is 3. The maximum atomic E-state index is 12.7. The average molecular weight is 407 g/mol. The van der Waals surface area contributed by atoms with E-state index in [1.807, 2.05) is 19.9 Å². The van der Waals surface area contributed by atoms with Gasteiger partial charge in [0.05, 0.1) is 24.7 Å². The Labute approximate surface area is 168 Å². The molecule has 1 aromatic rings. The molecule has 2 aliphatic rings. The maximum Gasteiger partial charge on any atom is 0.294 e. The van der Waals surface area contributed by atoms with E-state index in [1.54, 1.807) is 18.1 Å². The molecule has 0 aliphatic carbocycles. The number of hydrogen-bond donors (Lipinski definition) is 0. The van der Waals surface area contributed by atoms with Crippen LogP contribution in [0.5, 0.6) is 0 Å². The summed E-state index contributed by atoms with van der Waals surface area (Å²) >= 11 is 0.876. The van der Waals surface area contributed by atoms with Gasteiger partial charge in [-0.1, -0.05) is 0 Å². The van der Waals surface area contributed by atoms with Crippen molar-refractivity contribution in [2.24, 2.45) is 0 Å². The van der Waals surface area contributed by atoms with Crippen molar-refractivity contribution in [1.82, 2.24) is 14.4 Å². The molecule has 0 atom stereocenters. The highest BCUT2D eigenvalue weighted by atomic mass is 32.2. The fourth-order valence-electron chi connectivity index (χ4n) is 3.33. The normalized spacial score (nSPS) is 19.2. The minimum Gasteiger partial charge on any atom is -0.383 e. The van der Waals surface area contributed by atoms with Crippen molar-refractivity contribution >= 4 is 34.9 Å². The summed E-state index contributed by atoms with van der Waals surface area (Å²) in [5.74, 6) is -0.650. The second-order valence-electron chi connectivity index (χ2n) is 6.73. The summed E-state index contributed by atoms with van der Waals surface area (Å²) in [5, 5.41) is -0.411. The Hall–Kier alpha value is -2.10. The first-order valence-electron chi connectivity index (χ1n) is 9.19. The fraction of sp³-hybridized carbons (Fsp3) is 0.526. The molecule has 0 bridgehead atoms. The Bertz CT molecular complexity index is 811. The maximum absolute atomic E-state index is 12.7. The Morgan fingerprint density at radius 2 is 2.00 bits per heavy atom. The topological polar surface area (TPSA) is 81.1 Å². The van der Waals surface area contributed by atoms with E-state index in [1.165, 1.54) is 0 Å². The lowest BCUT2D eigenvalue weighted by Crippen LogP contribution is -2.46. The Morgan fingerprint density at radius 1 is 1.29 bits per heavy atom. The van der Waals surface area contributed by atoms with E-state index in [2.05, 4.69) is 4.57 Å². The van der Waals surface area contributed by atoms with Gasteiger partial charge in [0.25, 0.3) is 11.1 Å². The van der Waals surface area contributed by atoms with E-state index in [0.29, 0.717) is 37.8 Å². The number of carbonyl (C=O) groups is 3. The van der Waals surface area contributed by atoms with E-state index < -0.39 is 11.1 Å². The van der Waals surface area contributed by atoms with Crippen LogP contribution in [0.4, 0.5) is 4.79 Å². The van der Waals surface area contributed by atoms with Gasteiger partial charge < -0.3 is 18.9 Å². The van der Waals surface area contributed by atoms with E-state index >= 15 is 0 Å². The first-order chi connectivity index (χ1) is 13.4. The SMILES string of the molecule is COCCn1c(C)cc(/C=C2\SC(=O)N(CC(=O)N3CCOCC3)C2=O)c1C. The summed E-state index contributed by atoms with van der Waals surface area (Å²) < 4.78 is 12.5. The smallest absolute Gasteiger partial charge is 0.294 e. The first kappa shape index (κ1) is 20.6. The van der Waals surface area contributed by atoms with E-state index in [-0.39, 0.29) is 12.5 Å². The van der Waals surface area contributed by atoms with Crippen LogP contribution in [0.25, 0.3) is 6.08 Å². The zero-order valence-electron chi connectivity index (χ0n) is 16.4. The molecule has 0 N–H and O–H groups in total. The fourth-order valence-corrected chi connectivity index (χ4v) is 4.16. The third-order valence-electron chi connectivity index (χ3n) is 4.95. The zero-order valence-corrected chi connectivity index (χ0v) is 17.2. The minimum atomic E-state index is -0.418. The lowest BCUT2D eigenvalue weighted by molar-refractivity contribution is -0.139. The van der Waals surface area contributed by atoms with E-state index in [9.17, 15) is 14.4 Å². The van der Waals surface area contributed by atoms with Gasteiger partial charge in [0.1, 0.15) is 6.54 Å². The van der Waals surface area contributed by atoms with Crippen LogP contribution in [-0.4, -0.2) is 78.0 Å². The molecule has 152 valence electrons. The summed E-state index contributed by atoms with van der Waals surface area (Å²) in [6.07, 6.45) is 1.73. The second-order valence-corrected chi connectivity index (χ2v) is 7.73. The van der Waals surface area contributed by atoms with Crippen LogP contribution < -0.4 is 0 Å². The van der Waals surface area contributed by atoms with Crippen molar-refractivity contribution in [2.75, 3.05) is 46.6 Å². The highest BCUT2D eigenvalue weighted by molar-refractivity contribution is 8.18. The molecule has 1 aromatic heterocycles. The molecule has 2 saturated heterocycles. The van der Waals surface area contributed by atoms with E-state index in [4.69, 9.17) is 9.47 Å². The van der Waals surface area contributed by atoms with Gasteiger partial charge in [-0.15, -0.1) is 0 Å². The monoisotopic (exact) mass is 407 g/mol. The number of morpholine rings is 1. The molecular formula is C19H25N3O5S. The van der Waals surface area contributed by atoms with Crippen molar-refractivity contribution in [3.8, 4) is 0 Å². The third kappa shape index (κ3) is 4.31. The first-order valence-corrected chi connectivity index (χ1v) is 10.0. The van der Waals surface area contributed by atoms with Crippen molar-refractivity contribution in [2.45, 2.75) is 20.4 Å². The van der Waals surface area contributed by atoms with Gasteiger partial charge in [0, 0.05) is 38.1 Å². The number of aryl methyl sites for hydroxylation is 1. The average Bonchev–Trinajstić information content (AvgIpc) is 3.10. The summed E-state index contributed by atoms with van der Waals surface area (Å²) in [6, 6.07) is 1.98. The standard InChI is InChI=1S/C19H25N3O5S/c1-13-10-15(14(2)21(13)6-7-26-3)11-16-18(24)22(19(25)28-16)12-17(23)20-4-8-27-9-5-20/h10-11H,4-9,12H2,1-3H3/b16-11-. The van der Waals surface area contributed by atoms with Crippen molar-refractivity contribution < 1.29 is 23.9 Å². The Morgan fingerprint density at radius 3 is 2.68 bits per heavy atom. The largest absolute Gasteiger partial charge is 0.383 e. The summed E-state index contributed by atoms with van der Waals surface area (Å²) in [7, 11) is 1.66. The van der Waals surface area contributed by atoms with Gasteiger partial charge in [-0.2, -0.15) is 0 Å². The molecule has 0 aromatic carbocycles. The predicted octanol–water partition coefficient (Wildman–Crippen LogP) is 1.65. The van der Waals surface area contributed by atoms with Crippen LogP contribution in [0.15, 0.2) is 11.0 Å². The van der Waals surface area contributed by atoms with Crippen LogP contribution in [0.3, 0.4) is 0 Å². The highest BCUT2D eigenvalue weighted by Gasteiger charge is 2.37. The number of aromatic nitrogens is 1. The molecule has 8 nitrogen and oxygen atoms in total. The molecule has 2 aliphatic heterocycles. The Balaban J connectivity index is 1.73. The lowest BCUT2D eigenvalue weighted by atomic mass is 10.2. The number of methoxy groups -OCH3 is 1. The van der Waals surface area contributed by atoms with Crippen molar-refractivity contribution in [1.29, 1.82) is 0 Å². The quantitative estimate of drug-likeness (QED) is 0.667. The number of ether oxygens (including phenoxy) is 2. The van der Waals surface area contributed by atoms with Gasteiger partial charge in [-0.25, -0.2) is 0 Å². The van der Waals surface area contributed by atoms with Crippen LogP contribution in [0, 0.1) is 13.8 Å². The van der Waals surface area contributed by atoms with Crippen molar-refractivity contribution in [3.05, 3.63) is 27.9 Å². The van der Waals surface area contributed by atoms with Gasteiger partial charge in [0.2, 0.25) is 5.91 Å². The highest BCUT2D eigenvalue weighted by Crippen LogP contribution is 2.33. The molecule has 0 saturated carbocycles.